The van der Waals surface area contributed by atoms with E-state index in [9.17, 15) is 15.3 Å². The van der Waals surface area contributed by atoms with Crippen molar-refractivity contribution in [2.75, 3.05) is 19.8 Å². The van der Waals surface area contributed by atoms with E-state index in [-0.39, 0.29) is 37.9 Å². The maximum atomic E-state index is 9.37. The second-order valence-corrected chi connectivity index (χ2v) is 4.18. The van der Waals surface area contributed by atoms with E-state index < -0.39 is 0 Å². The Labute approximate surface area is 98.9 Å². The van der Waals surface area contributed by atoms with Gasteiger partial charge in [-0.2, -0.15) is 0 Å². The fraction of sp³-hybridized carbons (Fsp3) is 1.00. The minimum Gasteiger partial charge on any atom is -0.395 e. The minimum atomic E-state index is 0.0224. The molecule has 0 fully saturated rings. The van der Waals surface area contributed by atoms with Crippen LogP contribution < -0.4 is 0 Å². The molecule has 0 radical (unpaired) electrons. The zero-order valence-electron chi connectivity index (χ0n) is 10.8. The highest BCUT2D eigenvalue weighted by Crippen LogP contribution is 2.18. The molecule has 0 aromatic carbocycles. The molecule has 0 aliphatic rings. The topological polar surface area (TPSA) is 63.9 Å². The zero-order valence-corrected chi connectivity index (χ0v) is 10.8. The predicted molar refractivity (Wildman–Crippen MR) is 65.3 cm³/mol. The molecule has 0 heterocycles. The Morgan fingerprint density at radius 2 is 0.938 bits per heavy atom. The highest BCUT2D eigenvalue weighted by atomic mass is 16.3. The van der Waals surface area contributed by atoms with Crippen molar-refractivity contribution in [2.24, 2.45) is 0 Å². The van der Waals surface area contributed by atoms with Gasteiger partial charge in [0.05, 0.1) is 19.8 Å². The molecule has 4 heteroatoms. The van der Waals surface area contributed by atoms with Crippen molar-refractivity contribution in [1.82, 2.24) is 4.90 Å². The van der Waals surface area contributed by atoms with E-state index in [1.54, 1.807) is 0 Å². The molecule has 0 bridgehead atoms. The van der Waals surface area contributed by atoms with Crippen molar-refractivity contribution in [3.63, 3.8) is 0 Å². The van der Waals surface area contributed by atoms with Gasteiger partial charge in [-0.1, -0.05) is 20.8 Å². The number of aliphatic hydroxyl groups excluding tert-OH is 3. The van der Waals surface area contributed by atoms with Crippen molar-refractivity contribution < 1.29 is 15.3 Å². The lowest BCUT2D eigenvalue weighted by Crippen LogP contribution is -2.53. The molecule has 0 rings (SSSR count). The van der Waals surface area contributed by atoms with E-state index in [2.05, 4.69) is 4.90 Å². The lowest BCUT2D eigenvalue weighted by atomic mass is 10.0. The van der Waals surface area contributed by atoms with Gasteiger partial charge in [-0.3, -0.25) is 4.90 Å². The van der Waals surface area contributed by atoms with Gasteiger partial charge in [-0.15, -0.1) is 0 Å². The Bertz CT molecular complexity index is 126. The van der Waals surface area contributed by atoms with E-state index in [1.165, 1.54) is 0 Å². The van der Waals surface area contributed by atoms with Gasteiger partial charge in [0.1, 0.15) is 0 Å². The second-order valence-electron chi connectivity index (χ2n) is 4.18. The van der Waals surface area contributed by atoms with Crippen molar-refractivity contribution >= 4 is 0 Å². The maximum Gasteiger partial charge on any atom is 0.0587 e. The van der Waals surface area contributed by atoms with Gasteiger partial charge >= 0.3 is 0 Å². The Balaban J connectivity index is 4.84. The van der Waals surface area contributed by atoms with Crippen LogP contribution in [0, 0.1) is 0 Å². The predicted octanol–water partition coefficient (Wildman–Crippen LogP) is 0.601. The van der Waals surface area contributed by atoms with E-state index in [0.29, 0.717) is 0 Å². The molecule has 0 saturated carbocycles. The number of nitrogens with zero attached hydrogens (tertiary/aromatic N) is 1. The van der Waals surface area contributed by atoms with Crippen LogP contribution in [0.1, 0.15) is 40.0 Å². The second kappa shape index (κ2) is 8.93. The summed E-state index contributed by atoms with van der Waals surface area (Å²) in [5.74, 6) is 0. The van der Waals surface area contributed by atoms with Crippen LogP contribution in [0.3, 0.4) is 0 Å². The summed E-state index contributed by atoms with van der Waals surface area (Å²) in [6, 6.07) is 0.0672. The van der Waals surface area contributed by atoms with Gasteiger partial charge in [0.2, 0.25) is 0 Å². The molecule has 16 heavy (non-hydrogen) atoms. The molecule has 4 nitrogen and oxygen atoms in total. The van der Waals surface area contributed by atoms with Crippen molar-refractivity contribution in [2.45, 2.75) is 58.2 Å². The van der Waals surface area contributed by atoms with Gasteiger partial charge in [0.25, 0.3) is 0 Å². The summed E-state index contributed by atoms with van der Waals surface area (Å²) in [6.45, 7) is 6.27. The summed E-state index contributed by atoms with van der Waals surface area (Å²) in [7, 11) is 0. The molecule has 3 N–H and O–H groups in total. The van der Waals surface area contributed by atoms with Gasteiger partial charge in [-0.05, 0) is 19.3 Å². The van der Waals surface area contributed by atoms with Crippen molar-refractivity contribution in [3.8, 4) is 0 Å². The van der Waals surface area contributed by atoms with Crippen LogP contribution in [0.25, 0.3) is 0 Å². The normalized spacial score (nSPS) is 17.4. The van der Waals surface area contributed by atoms with Crippen molar-refractivity contribution in [1.29, 1.82) is 0 Å². The number of hydrogen-bond acceptors (Lipinski definition) is 4. The fourth-order valence-corrected chi connectivity index (χ4v) is 2.20. The molecule has 0 aromatic heterocycles. The van der Waals surface area contributed by atoms with Crippen LogP contribution in [0.2, 0.25) is 0 Å². The lowest BCUT2D eigenvalue weighted by molar-refractivity contribution is -0.00683. The zero-order chi connectivity index (χ0) is 12.6. The van der Waals surface area contributed by atoms with Crippen LogP contribution in [-0.2, 0) is 0 Å². The summed E-state index contributed by atoms with van der Waals surface area (Å²) >= 11 is 0. The quantitative estimate of drug-likeness (QED) is 0.546. The Morgan fingerprint density at radius 3 is 1.06 bits per heavy atom. The highest BCUT2D eigenvalue weighted by Gasteiger charge is 2.28. The minimum absolute atomic E-state index is 0.0224. The van der Waals surface area contributed by atoms with Crippen LogP contribution in [0.15, 0.2) is 0 Å². The molecule has 0 saturated heterocycles. The molecule has 3 atom stereocenters. The first-order valence-electron chi connectivity index (χ1n) is 6.29. The SMILES string of the molecule is CCC(CO)N(C(CC)CO)C(CC)CO. The van der Waals surface area contributed by atoms with E-state index in [1.807, 2.05) is 20.8 Å². The number of hydrogen-bond donors (Lipinski definition) is 3. The van der Waals surface area contributed by atoms with Gasteiger partial charge < -0.3 is 15.3 Å². The van der Waals surface area contributed by atoms with Crippen LogP contribution in [0.4, 0.5) is 0 Å². The summed E-state index contributed by atoms with van der Waals surface area (Å²) in [4.78, 5) is 2.08. The fourth-order valence-electron chi connectivity index (χ4n) is 2.20. The first kappa shape index (κ1) is 15.8. The number of rotatable bonds is 9. The average molecular weight is 233 g/mol. The monoisotopic (exact) mass is 233 g/mol. The van der Waals surface area contributed by atoms with Gasteiger partial charge in [0.15, 0.2) is 0 Å². The molecule has 0 aliphatic carbocycles. The summed E-state index contributed by atoms with van der Waals surface area (Å²) < 4.78 is 0. The summed E-state index contributed by atoms with van der Waals surface area (Å²) in [5, 5.41) is 28.1. The van der Waals surface area contributed by atoms with E-state index in [0.717, 1.165) is 19.3 Å². The first-order chi connectivity index (χ1) is 7.69. The Morgan fingerprint density at radius 1 is 0.688 bits per heavy atom. The third-order valence-corrected chi connectivity index (χ3v) is 3.31. The Hall–Kier alpha value is -0.160. The standard InChI is InChI=1S/C12H27NO3/c1-4-10(7-14)13(11(5-2)8-15)12(6-3)9-16/h10-12,14-16H,4-9H2,1-3H3. The third-order valence-electron chi connectivity index (χ3n) is 3.31. The largest absolute Gasteiger partial charge is 0.395 e. The van der Waals surface area contributed by atoms with Crippen molar-refractivity contribution in [3.05, 3.63) is 0 Å². The molecule has 3 unspecified atom stereocenters. The summed E-state index contributed by atoms with van der Waals surface area (Å²) in [5.41, 5.74) is 0. The van der Waals surface area contributed by atoms with Crippen LogP contribution in [0.5, 0.6) is 0 Å². The third kappa shape index (κ3) is 4.01. The molecule has 0 amide bonds. The lowest BCUT2D eigenvalue weighted by Gasteiger charge is -2.40. The van der Waals surface area contributed by atoms with Gasteiger partial charge in [-0.25, -0.2) is 0 Å². The number of aliphatic hydroxyl groups is 3. The summed E-state index contributed by atoms with van der Waals surface area (Å²) in [6.07, 6.45) is 2.47. The highest BCUT2D eigenvalue weighted by molar-refractivity contribution is 4.83. The van der Waals surface area contributed by atoms with Crippen LogP contribution in [-0.4, -0.2) is 58.2 Å². The van der Waals surface area contributed by atoms with Gasteiger partial charge in [0, 0.05) is 18.1 Å². The van der Waals surface area contributed by atoms with E-state index >= 15 is 0 Å². The molecule has 98 valence electrons. The molecule has 0 spiro atoms. The maximum absolute atomic E-state index is 9.37. The smallest absolute Gasteiger partial charge is 0.0587 e. The average Bonchev–Trinajstić information content (AvgIpc) is 2.33. The molecular formula is C12H27NO3. The van der Waals surface area contributed by atoms with E-state index in [4.69, 9.17) is 0 Å². The molecular weight excluding hydrogens is 206 g/mol. The first-order valence-corrected chi connectivity index (χ1v) is 6.29. The molecule has 0 aromatic rings. The Kier molecular flexibility index (Phi) is 8.84. The molecule has 0 aliphatic heterocycles. The van der Waals surface area contributed by atoms with Crippen LogP contribution >= 0.6 is 0 Å².